The number of methoxy groups -OCH3 is 1. The summed E-state index contributed by atoms with van der Waals surface area (Å²) in [5, 5.41) is 0. The minimum absolute atomic E-state index is 0.0339. The number of rotatable bonds is 6. The van der Waals surface area contributed by atoms with Crippen LogP contribution in [-0.2, 0) is 22.6 Å². The van der Waals surface area contributed by atoms with Crippen molar-refractivity contribution in [3.63, 3.8) is 0 Å². The normalized spacial score (nSPS) is 17.4. The van der Waals surface area contributed by atoms with E-state index < -0.39 is 0 Å². The number of piperidine rings is 1. The van der Waals surface area contributed by atoms with E-state index in [0.29, 0.717) is 19.6 Å². The van der Waals surface area contributed by atoms with Gasteiger partial charge in [0, 0.05) is 69.2 Å². The Kier molecular flexibility index (Phi) is 10.4. The number of anilines is 2. The molecule has 0 spiro atoms. The van der Waals surface area contributed by atoms with E-state index in [9.17, 15) is 4.79 Å². The lowest BCUT2D eigenvalue weighted by Crippen LogP contribution is -2.36. The van der Waals surface area contributed by atoms with E-state index in [1.165, 1.54) is 19.3 Å². The number of benzene rings is 2. The van der Waals surface area contributed by atoms with Gasteiger partial charge in [-0.2, -0.15) is 0 Å². The molecule has 0 radical (unpaired) electrons. The molecule has 0 atom stereocenters. The van der Waals surface area contributed by atoms with Crippen molar-refractivity contribution in [2.45, 2.75) is 64.5 Å². The van der Waals surface area contributed by atoms with Crippen molar-refractivity contribution < 1.29 is 13.9 Å². The molecule has 1 saturated heterocycles. The van der Waals surface area contributed by atoms with Crippen molar-refractivity contribution >= 4 is 17.3 Å². The van der Waals surface area contributed by atoms with Crippen molar-refractivity contribution in [2.75, 3.05) is 49.7 Å². The highest BCUT2D eigenvalue weighted by Crippen LogP contribution is 2.31. The van der Waals surface area contributed by atoms with Crippen LogP contribution in [0.15, 0.2) is 60.9 Å². The maximum absolute atomic E-state index is 15.5. The third-order valence-corrected chi connectivity index (χ3v) is 8.35. The summed E-state index contributed by atoms with van der Waals surface area (Å²) in [5.74, 6) is -0.171. The molecule has 1 amide bonds. The molecule has 6 nitrogen and oxygen atoms in total. The van der Waals surface area contributed by atoms with E-state index in [2.05, 4.69) is 39.0 Å². The van der Waals surface area contributed by atoms with Crippen LogP contribution in [0.3, 0.4) is 0 Å². The van der Waals surface area contributed by atoms with E-state index in [1.807, 2.05) is 23.1 Å². The van der Waals surface area contributed by atoms with Gasteiger partial charge in [-0.15, -0.1) is 0 Å². The van der Waals surface area contributed by atoms with E-state index in [-0.39, 0.29) is 18.3 Å². The van der Waals surface area contributed by atoms with Gasteiger partial charge in [0.25, 0.3) is 5.91 Å². The molecule has 218 valence electrons. The quantitative estimate of drug-likeness (QED) is 0.332. The van der Waals surface area contributed by atoms with Gasteiger partial charge in [-0.05, 0) is 91.7 Å². The van der Waals surface area contributed by atoms with Crippen molar-refractivity contribution in [1.82, 2.24) is 9.88 Å². The van der Waals surface area contributed by atoms with Gasteiger partial charge in [-0.3, -0.25) is 14.7 Å². The number of hydrogen-bond donors (Lipinski definition) is 0. The molecule has 0 bridgehead atoms. The molecule has 41 heavy (non-hydrogen) atoms. The lowest BCUT2D eigenvalue weighted by molar-refractivity contribution is -0.122. The molecule has 1 aromatic heterocycles. The molecule has 2 aromatic carbocycles. The predicted octanol–water partition coefficient (Wildman–Crippen LogP) is 6.82. The third-order valence-electron chi connectivity index (χ3n) is 8.35. The SMILES string of the molecule is COCC(=O)N1CCCCCCCN(Cc2ccc(N3CCCCC3)cc2F)Cc2cc(-c3ccncc3)ccc21. The average molecular weight is 559 g/mol. The number of nitrogens with zero attached hydrogens (tertiary/aromatic N) is 4. The fourth-order valence-corrected chi connectivity index (χ4v) is 6.13. The molecular formula is C34H43FN4O2. The number of ether oxygens (including phenoxy) is 1. The van der Waals surface area contributed by atoms with E-state index in [0.717, 1.165) is 85.4 Å². The van der Waals surface area contributed by atoms with Gasteiger partial charge in [0.1, 0.15) is 12.4 Å². The largest absolute Gasteiger partial charge is 0.375 e. The van der Waals surface area contributed by atoms with Crippen LogP contribution < -0.4 is 9.80 Å². The zero-order valence-electron chi connectivity index (χ0n) is 24.4. The van der Waals surface area contributed by atoms with E-state index >= 15 is 4.39 Å². The van der Waals surface area contributed by atoms with Crippen LogP contribution in [0.1, 0.15) is 62.5 Å². The molecule has 1 fully saturated rings. The minimum Gasteiger partial charge on any atom is -0.375 e. The number of aromatic nitrogens is 1. The van der Waals surface area contributed by atoms with Gasteiger partial charge in [-0.25, -0.2) is 4.39 Å². The number of carbonyl (C=O) groups is 1. The molecule has 0 unspecified atom stereocenters. The second-order valence-corrected chi connectivity index (χ2v) is 11.4. The number of hydrogen-bond acceptors (Lipinski definition) is 5. The van der Waals surface area contributed by atoms with E-state index in [4.69, 9.17) is 4.74 Å². The summed E-state index contributed by atoms with van der Waals surface area (Å²) < 4.78 is 20.8. The molecular weight excluding hydrogens is 515 g/mol. The Morgan fingerprint density at radius 1 is 0.829 bits per heavy atom. The lowest BCUT2D eigenvalue weighted by atomic mass is 10.0. The van der Waals surface area contributed by atoms with Gasteiger partial charge in [0.15, 0.2) is 0 Å². The number of carbonyl (C=O) groups excluding carboxylic acids is 1. The molecule has 0 aliphatic carbocycles. The second kappa shape index (κ2) is 14.6. The van der Waals surface area contributed by atoms with Gasteiger partial charge < -0.3 is 14.5 Å². The van der Waals surface area contributed by atoms with Gasteiger partial charge in [0.2, 0.25) is 0 Å². The van der Waals surface area contributed by atoms with Crippen molar-refractivity contribution in [3.8, 4) is 11.1 Å². The summed E-state index contributed by atoms with van der Waals surface area (Å²) in [6.07, 6.45) is 12.6. The van der Waals surface area contributed by atoms with Crippen LogP contribution in [-0.4, -0.2) is 55.7 Å². The maximum atomic E-state index is 15.5. The molecule has 0 saturated carbocycles. The zero-order chi connectivity index (χ0) is 28.4. The summed E-state index contributed by atoms with van der Waals surface area (Å²) in [6.45, 7) is 4.73. The third kappa shape index (κ3) is 7.72. The van der Waals surface area contributed by atoms with Crippen LogP contribution in [0.4, 0.5) is 15.8 Å². The van der Waals surface area contributed by atoms with Crippen LogP contribution in [0.5, 0.6) is 0 Å². The Balaban J connectivity index is 1.47. The summed E-state index contributed by atoms with van der Waals surface area (Å²) in [5.41, 5.74) is 5.84. The van der Waals surface area contributed by atoms with Crippen molar-refractivity contribution in [2.24, 2.45) is 0 Å². The molecule has 5 rings (SSSR count). The van der Waals surface area contributed by atoms with Crippen LogP contribution in [0.2, 0.25) is 0 Å². The average Bonchev–Trinajstić information content (AvgIpc) is 3.00. The van der Waals surface area contributed by atoms with Crippen LogP contribution in [0, 0.1) is 5.82 Å². The van der Waals surface area contributed by atoms with Crippen LogP contribution >= 0.6 is 0 Å². The van der Waals surface area contributed by atoms with Gasteiger partial charge >= 0.3 is 0 Å². The Hall–Kier alpha value is -3.29. The first-order chi connectivity index (χ1) is 20.1. The fraction of sp³-hybridized carbons (Fsp3) is 0.471. The predicted molar refractivity (Wildman–Crippen MR) is 164 cm³/mol. The molecule has 0 N–H and O–H groups in total. The van der Waals surface area contributed by atoms with E-state index in [1.54, 1.807) is 25.6 Å². The van der Waals surface area contributed by atoms with Crippen molar-refractivity contribution in [3.05, 3.63) is 77.9 Å². The summed E-state index contributed by atoms with van der Waals surface area (Å²) in [6, 6.07) is 16.1. The fourth-order valence-electron chi connectivity index (χ4n) is 6.13. The number of amides is 1. The summed E-state index contributed by atoms with van der Waals surface area (Å²) in [4.78, 5) is 23.9. The molecule has 3 aromatic rings. The summed E-state index contributed by atoms with van der Waals surface area (Å²) >= 11 is 0. The maximum Gasteiger partial charge on any atom is 0.252 e. The Morgan fingerprint density at radius 2 is 1.54 bits per heavy atom. The van der Waals surface area contributed by atoms with Gasteiger partial charge in [-0.1, -0.05) is 31.4 Å². The highest BCUT2D eigenvalue weighted by molar-refractivity contribution is 5.95. The Bertz CT molecular complexity index is 1280. The minimum atomic E-state index is -0.137. The lowest BCUT2D eigenvalue weighted by Gasteiger charge is -2.30. The Labute approximate surface area is 244 Å². The topological polar surface area (TPSA) is 48.9 Å². The number of pyridine rings is 1. The number of halogens is 1. The first-order valence-corrected chi connectivity index (χ1v) is 15.2. The summed E-state index contributed by atoms with van der Waals surface area (Å²) in [7, 11) is 1.56. The monoisotopic (exact) mass is 558 g/mol. The second-order valence-electron chi connectivity index (χ2n) is 11.4. The smallest absolute Gasteiger partial charge is 0.252 e. The molecule has 2 aliphatic heterocycles. The molecule has 2 aliphatic rings. The van der Waals surface area contributed by atoms with Crippen molar-refractivity contribution in [1.29, 1.82) is 0 Å². The standard InChI is InChI=1S/C34H43FN4O2/c1-41-26-34(40)39-21-9-4-2-3-6-18-37(24-29-10-12-31(23-32(29)35)38-19-7-5-8-20-38)25-30-22-28(11-13-33(30)39)27-14-16-36-17-15-27/h10-17,22-23H,2-9,18-21,24-26H2,1H3. The van der Waals surface area contributed by atoms with Crippen LogP contribution in [0.25, 0.3) is 11.1 Å². The Morgan fingerprint density at radius 3 is 2.29 bits per heavy atom. The zero-order valence-corrected chi connectivity index (χ0v) is 24.4. The first-order valence-electron chi connectivity index (χ1n) is 15.2. The highest BCUT2D eigenvalue weighted by Gasteiger charge is 2.22. The van der Waals surface area contributed by atoms with Gasteiger partial charge in [0.05, 0.1) is 0 Å². The highest BCUT2D eigenvalue weighted by atomic mass is 19.1. The number of fused-ring (bicyclic) bond motifs is 1. The first kappa shape index (κ1) is 29.2. The molecule has 3 heterocycles. The molecule has 7 heteroatoms.